The van der Waals surface area contributed by atoms with Crippen LogP contribution in [0.1, 0.15) is 0 Å². The maximum Gasteiger partial charge on any atom is 0.387 e. The van der Waals surface area contributed by atoms with Gasteiger partial charge in [0.05, 0.1) is 0 Å². The second kappa shape index (κ2) is 4.04. The molecule has 78 valence electrons. The maximum absolute atomic E-state index is 11.9. The Kier molecular flexibility index (Phi) is 2.57. The summed E-state index contributed by atoms with van der Waals surface area (Å²) in [7, 11) is 0. The Bertz CT molecular complexity index is 431. The van der Waals surface area contributed by atoms with Crippen molar-refractivity contribution in [3.63, 3.8) is 0 Å². The van der Waals surface area contributed by atoms with E-state index in [1.807, 2.05) is 0 Å². The minimum Gasteiger partial charge on any atom is -0.435 e. The van der Waals surface area contributed by atoms with Gasteiger partial charge in [-0.05, 0) is 12.1 Å². The summed E-state index contributed by atoms with van der Waals surface area (Å²) >= 11 is 0. The number of aromatic amines is 1. The molecule has 1 N–H and O–H groups in total. The first-order valence-corrected chi connectivity index (χ1v) is 4.17. The minimum atomic E-state index is -2.83. The zero-order valence-electron chi connectivity index (χ0n) is 7.52. The summed E-state index contributed by atoms with van der Waals surface area (Å²) in [5.74, 6) is 0.530. The highest BCUT2D eigenvalue weighted by atomic mass is 19.3. The van der Waals surface area contributed by atoms with Crippen LogP contribution < -0.4 is 4.74 Å². The minimum absolute atomic E-state index is 0.0901. The monoisotopic (exact) mass is 211 g/mol. The van der Waals surface area contributed by atoms with Gasteiger partial charge in [0.1, 0.15) is 12.1 Å². The molecular formula is C9H7F2N3O. The summed E-state index contributed by atoms with van der Waals surface area (Å²) in [4.78, 5) is 3.90. The van der Waals surface area contributed by atoms with E-state index in [4.69, 9.17) is 0 Å². The molecular weight excluding hydrogens is 204 g/mol. The van der Waals surface area contributed by atoms with Crippen LogP contribution in [-0.2, 0) is 0 Å². The summed E-state index contributed by atoms with van der Waals surface area (Å²) < 4.78 is 28.1. The molecule has 15 heavy (non-hydrogen) atoms. The number of nitrogens with zero attached hydrogens (tertiary/aromatic N) is 2. The fourth-order valence-electron chi connectivity index (χ4n) is 1.16. The second-order valence-electron chi connectivity index (χ2n) is 2.73. The van der Waals surface area contributed by atoms with Gasteiger partial charge in [0, 0.05) is 5.56 Å². The molecule has 6 heteroatoms. The highest BCUT2D eigenvalue weighted by Gasteiger charge is 2.06. The SMILES string of the molecule is FC(F)Oc1cccc(-c2nc[nH]n2)c1. The lowest BCUT2D eigenvalue weighted by Gasteiger charge is -2.04. The molecule has 0 saturated carbocycles. The van der Waals surface area contributed by atoms with Crippen LogP contribution in [0, 0.1) is 0 Å². The number of rotatable bonds is 3. The van der Waals surface area contributed by atoms with Crippen molar-refractivity contribution in [3.8, 4) is 17.1 Å². The molecule has 0 atom stereocenters. The van der Waals surface area contributed by atoms with Gasteiger partial charge in [-0.3, -0.25) is 5.10 Å². The van der Waals surface area contributed by atoms with E-state index >= 15 is 0 Å². The van der Waals surface area contributed by atoms with Crippen molar-refractivity contribution in [2.45, 2.75) is 6.61 Å². The first-order valence-electron chi connectivity index (χ1n) is 4.17. The van der Waals surface area contributed by atoms with Gasteiger partial charge >= 0.3 is 6.61 Å². The molecule has 0 spiro atoms. The summed E-state index contributed by atoms with van der Waals surface area (Å²) in [6.07, 6.45) is 1.41. The third-order valence-corrected chi connectivity index (χ3v) is 1.73. The van der Waals surface area contributed by atoms with Crippen molar-refractivity contribution in [1.29, 1.82) is 0 Å². The average molecular weight is 211 g/mol. The number of halogens is 2. The molecule has 0 aliphatic rings. The molecule has 1 aromatic heterocycles. The van der Waals surface area contributed by atoms with E-state index in [0.29, 0.717) is 11.4 Å². The van der Waals surface area contributed by atoms with Crippen molar-refractivity contribution in [1.82, 2.24) is 15.2 Å². The smallest absolute Gasteiger partial charge is 0.387 e. The van der Waals surface area contributed by atoms with Gasteiger partial charge in [0.25, 0.3) is 0 Å². The molecule has 4 nitrogen and oxygen atoms in total. The molecule has 0 fully saturated rings. The van der Waals surface area contributed by atoms with Crippen molar-refractivity contribution in [2.24, 2.45) is 0 Å². The lowest BCUT2D eigenvalue weighted by atomic mass is 10.2. The van der Waals surface area contributed by atoms with Gasteiger partial charge < -0.3 is 4.74 Å². The maximum atomic E-state index is 11.9. The van der Waals surface area contributed by atoms with Crippen molar-refractivity contribution < 1.29 is 13.5 Å². The van der Waals surface area contributed by atoms with E-state index < -0.39 is 6.61 Å². The van der Waals surface area contributed by atoms with Crippen molar-refractivity contribution in [2.75, 3.05) is 0 Å². The second-order valence-corrected chi connectivity index (χ2v) is 2.73. The van der Waals surface area contributed by atoms with E-state index in [0.717, 1.165) is 0 Å². The molecule has 0 saturated heterocycles. The van der Waals surface area contributed by atoms with Crippen LogP contribution >= 0.6 is 0 Å². The largest absolute Gasteiger partial charge is 0.435 e. The van der Waals surface area contributed by atoms with Crippen LogP contribution in [0.3, 0.4) is 0 Å². The number of H-pyrrole nitrogens is 1. The van der Waals surface area contributed by atoms with Gasteiger partial charge in [0.2, 0.25) is 0 Å². The Hall–Kier alpha value is -1.98. The van der Waals surface area contributed by atoms with Gasteiger partial charge in [-0.2, -0.15) is 13.9 Å². The first kappa shape index (κ1) is 9.57. The predicted octanol–water partition coefficient (Wildman–Crippen LogP) is 2.07. The van der Waals surface area contributed by atoms with Gasteiger partial charge in [-0.15, -0.1) is 0 Å². The Labute approximate surface area is 83.9 Å². The van der Waals surface area contributed by atoms with Crippen LogP contribution in [0.5, 0.6) is 5.75 Å². The lowest BCUT2D eigenvalue weighted by Crippen LogP contribution is -2.01. The summed E-state index contributed by atoms with van der Waals surface area (Å²) in [5, 5.41) is 6.37. The van der Waals surface area contributed by atoms with E-state index in [2.05, 4.69) is 19.9 Å². The van der Waals surface area contributed by atoms with Crippen LogP contribution in [-0.4, -0.2) is 21.8 Å². The van der Waals surface area contributed by atoms with E-state index in [1.165, 1.54) is 18.5 Å². The zero-order valence-corrected chi connectivity index (χ0v) is 7.52. The third-order valence-electron chi connectivity index (χ3n) is 1.73. The lowest BCUT2D eigenvalue weighted by molar-refractivity contribution is -0.0498. The molecule has 2 aromatic rings. The standard InChI is InChI=1S/C9H7F2N3O/c10-9(11)15-7-3-1-2-6(4-7)8-12-5-13-14-8/h1-5,9H,(H,12,13,14). The normalized spacial score (nSPS) is 10.6. The molecule has 0 aliphatic carbocycles. The Morgan fingerprint density at radius 3 is 2.87 bits per heavy atom. The molecule has 1 heterocycles. The third kappa shape index (κ3) is 2.28. The molecule has 1 aromatic carbocycles. The van der Waals surface area contributed by atoms with Gasteiger partial charge in [0.15, 0.2) is 5.82 Å². The molecule has 0 radical (unpaired) electrons. The molecule has 0 aliphatic heterocycles. The summed E-state index contributed by atoms with van der Waals surface area (Å²) in [5.41, 5.74) is 0.620. The van der Waals surface area contributed by atoms with Gasteiger partial charge in [-0.25, -0.2) is 4.98 Å². The summed E-state index contributed by atoms with van der Waals surface area (Å²) in [6, 6.07) is 6.21. The molecule has 2 rings (SSSR count). The number of hydrogen-bond donors (Lipinski definition) is 1. The quantitative estimate of drug-likeness (QED) is 0.845. The fourth-order valence-corrected chi connectivity index (χ4v) is 1.16. The summed E-state index contributed by atoms with van der Waals surface area (Å²) in [6.45, 7) is -2.83. The van der Waals surface area contributed by atoms with Crippen LogP contribution in [0.2, 0.25) is 0 Å². The highest BCUT2D eigenvalue weighted by molar-refractivity contribution is 5.56. The molecule has 0 unspecified atom stereocenters. The first-order chi connectivity index (χ1) is 7.25. The molecule has 0 amide bonds. The number of nitrogens with one attached hydrogen (secondary N) is 1. The molecule has 0 bridgehead atoms. The Morgan fingerprint density at radius 1 is 1.33 bits per heavy atom. The number of ether oxygens (including phenoxy) is 1. The Balaban J connectivity index is 2.27. The van der Waals surface area contributed by atoms with E-state index in [1.54, 1.807) is 12.1 Å². The Morgan fingerprint density at radius 2 is 2.20 bits per heavy atom. The predicted molar refractivity (Wildman–Crippen MR) is 48.5 cm³/mol. The highest BCUT2D eigenvalue weighted by Crippen LogP contribution is 2.21. The van der Waals surface area contributed by atoms with Crippen LogP contribution in [0.25, 0.3) is 11.4 Å². The number of benzene rings is 1. The topological polar surface area (TPSA) is 50.8 Å². The fraction of sp³-hybridized carbons (Fsp3) is 0.111. The van der Waals surface area contributed by atoms with Crippen LogP contribution in [0.15, 0.2) is 30.6 Å². The van der Waals surface area contributed by atoms with E-state index in [-0.39, 0.29) is 5.75 Å². The van der Waals surface area contributed by atoms with Crippen molar-refractivity contribution >= 4 is 0 Å². The zero-order chi connectivity index (χ0) is 10.7. The van der Waals surface area contributed by atoms with Crippen molar-refractivity contribution in [3.05, 3.63) is 30.6 Å². The number of alkyl halides is 2. The number of hydrogen-bond acceptors (Lipinski definition) is 3. The number of aromatic nitrogens is 3. The van der Waals surface area contributed by atoms with Gasteiger partial charge in [-0.1, -0.05) is 12.1 Å². The van der Waals surface area contributed by atoms with E-state index in [9.17, 15) is 8.78 Å². The average Bonchev–Trinajstić information content (AvgIpc) is 2.69. The van der Waals surface area contributed by atoms with Crippen LogP contribution in [0.4, 0.5) is 8.78 Å².